The van der Waals surface area contributed by atoms with Crippen LogP contribution >= 0.6 is 0 Å². The number of carbonyl (C=O) groups is 1. The average molecular weight is 304 g/mol. The number of aliphatic carboxylic acids is 1. The zero-order valence-corrected chi connectivity index (χ0v) is 13.0. The third kappa shape index (κ3) is 2.71. The molecule has 1 unspecified atom stereocenters. The van der Waals surface area contributed by atoms with Gasteiger partial charge in [-0.2, -0.15) is 17.0 Å². The summed E-state index contributed by atoms with van der Waals surface area (Å²) in [6.07, 6.45) is 3.55. The van der Waals surface area contributed by atoms with Gasteiger partial charge in [-0.3, -0.25) is 4.79 Å². The minimum Gasteiger partial charge on any atom is -0.480 e. The number of hydrogen-bond acceptors (Lipinski definition) is 3. The number of carboxylic acid groups (broad SMARTS) is 1. The minimum atomic E-state index is -3.68. The molecule has 0 aliphatic carbocycles. The summed E-state index contributed by atoms with van der Waals surface area (Å²) in [6, 6.07) is 0. The first-order valence-corrected chi connectivity index (χ1v) is 8.69. The van der Waals surface area contributed by atoms with Gasteiger partial charge < -0.3 is 5.11 Å². The second-order valence-corrected chi connectivity index (χ2v) is 8.05. The number of piperidine rings is 2. The van der Waals surface area contributed by atoms with Gasteiger partial charge in [0.1, 0.15) is 5.54 Å². The van der Waals surface area contributed by atoms with Crippen molar-refractivity contribution in [2.75, 3.05) is 19.6 Å². The van der Waals surface area contributed by atoms with Gasteiger partial charge in [-0.25, -0.2) is 0 Å². The highest BCUT2D eigenvalue weighted by atomic mass is 32.2. The van der Waals surface area contributed by atoms with E-state index >= 15 is 0 Å². The molecular weight excluding hydrogens is 280 g/mol. The van der Waals surface area contributed by atoms with Crippen LogP contribution in [0.1, 0.15) is 46.0 Å². The molecule has 0 spiro atoms. The van der Waals surface area contributed by atoms with E-state index in [0.717, 1.165) is 25.7 Å². The van der Waals surface area contributed by atoms with Crippen molar-refractivity contribution >= 4 is 16.2 Å². The molecule has 7 heteroatoms. The summed E-state index contributed by atoms with van der Waals surface area (Å²) >= 11 is 0. The topological polar surface area (TPSA) is 77.9 Å². The molecule has 0 aromatic heterocycles. The van der Waals surface area contributed by atoms with Gasteiger partial charge >= 0.3 is 5.97 Å². The zero-order valence-electron chi connectivity index (χ0n) is 12.2. The highest BCUT2D eigenvalue weighted by Gasteiger charge is 2.49. The quantitative estimate of drug-likeness (QED) is 0.852. The van der Waals surface area contributed by atoms with Gasteiger partial charge in [0.2, 0.25) is 0 Å². The Hall–Kier alpha value is -0.660. The van der Waals surface area contributed by atoms with Crippen molar-refractivity contribution in [1.29, 1.82) is 0 Å². The number of rotatable bonds is 3. The van der Waals surface area contributed by atoms with Gasteiger partial charge in [-0.1, -0.05) is 6.92 Å². The monoisotopic (exact) mass is 304 g/mol. The smallest absolute Gasteiger partial charge is 0.324 e. The van der Waals surface area contributed by atoms with Crippen molar-refractivity contribution in [3.05, 3.63) is 0 Å². The predicted molar refractivity (Wildman–Crippen MR) is 75.5 cm³/mol. The van der Waals surface area contributed by atoms with Gasteiger partial charge in [0, 0.05) is 19.6 Å². The van der Waals surface area contributed by atoms with Crippen LogP contribution in [0.4, 0.5) is 0 Å². The molecule has 2 saturated heterocycles. The standard InChI is InChI=1S/C13H24N2O4S/c1-11-5-9-14(10-6-11)20(18,19)15-8-4-3-7-13(15,2)12(16)17/h11H,3-10H2,1-2H3,(H,16,17). The second kappa shape index (κ2) is 5.61. The lowest BCUT2D eigenvalue weighted by atomic mass is 9.91. The molecule has 1 N–H and O–H groups in total. The van der Waals surface area contributed by atoms with E-state index < -0.39 is 21.7 Å². The van der Waals surface area contributed by atoms with Crippen molar-refractivity contribution in [1.82, 2.24) is 8.61 Å². The Morgan fingerprint density at radius 1 is 1.20 bits per heavy atom. The van der Waals surface area contributed by atoms with Crippen LogP contribution in [-0.2, 0) is 15.0 Å². The molecule has 0 saturated carbocycles. The van der Waals surface area contributed by atoms with Crippen molar-refractivity contribution in [2.24, 2.45) is 5.92 Å². The van der Waals surface area contributed by atoms with Gasteiger partial charge in [0.05, 0.1) is 0 Å². The lowest BCUT2D eigenvalue weighted by Crippen LogP contribution is -2.61. The van der Waals surface area contributed by atoms with Crippen molar-refractivity contribution in [2.45, 2.75) is 51.5 Å². The van der Waals surface area contributed by atoms with Crippen LogP contribution < -0.4 is 0 Å². The Labute approximate surface area is 120 Å². The fourth-order valence-electron chi connectivity index (χ4n) is 3.03. The van der Waals surface area contributed by atoms with Crippen molar-refractivity contribution in [3.63, 3.8) is 0 Å². The molecule has 2 fully saturated rings. The van der Waals surface area contributed by atoms with E-state index in [4.69, 9.17) is 0 Å². The molecule has 0 aromatic carbocycles. The van der Waals surface area contributed by atoms with Crippen LogP contribution in [0.25, 0.3) is 0 Å². The van der Waals surface area contributed by atoms with Gasteiger partial charge in [-0.05, 0) is 44.9 Å². The SMILES string of the molecule is CC1CCN(S(=O)(=O)N2CCCCC2(C)C(=O)O)CC1. The van der Waals surface area contributed by atoms with E-state index in [2.05, 4.69) is 6.92 Å². The lowest BCUT2D eigenvalue weighted by molar-refractivity contribution is -0.149. The predicted octanol–water partition coefficient (Wildman–Crippen LogP) is 1.29. The molecular formula is C13H24N2O4S. The summed E-state index contributed by atoms with van der Waals surface area (Å²) in [4.78, 5) is 11.5. The first-order valence-electron chi connectivity index (χ1n) is 7.30. The van der Waals surface area contributed by atoms with Gasteiger partial charge in [0.15, 0.2) is 0 Å². The average Bonchev–Trinajstić information content (AvgIpc) is 2.39. The summed E-state index contributed by atoms with van der Waals surface area (Å²) in [6.45, 7) is 4.94. The van der Waals surface area contributed by atoms with Crippen LogP contribution in [0, 0.1) is 5.92 Å². The largest absolute Gasteiger partial charge is 0.480 e. The molecule has 20 heavy (non-hydrogen) atoms. The van der Waals surface area contributed by atoms with Crippen LogP contribution in [0.2, 0.25) is 0 Å². The summed E-state index contributed by atoms with van der Waals surface area (Å²) in [5, 5.41) is 9.45. The van der Waals surface area contributed by atoms with E-state index in [0.29, 0.717) is 32.0 Å². The van der Waals surface area contributed by atoms with E-state index in [1.54, 1.807) is 0 Å². The molecule has 2 rings (SSSR count). The number of nitrogens with zero attached hydrogens (tertiary/aromatic N) is 2. The Morgan fingerprint density at radius 2 is 1.80 bits per heavy atom. The third-order valence-corrected chi connectivity index (χ3v) is 6.79. The molecule has 2 aliphatic heterocycles. The van der Waals surface area contributed by atoms with Crippen LogP contribution in [0.3, 0.4) is 0 Å². The van der Waals surface area contributed by atoms with Crippen LogP contribution in [0.15, 0.2) is 0 Å². The van der Waals surface area contributed by atoms with Crippen molar-refractivity contribution in [3.8, 4) is 0 Å². The van der Waals surface area contributed by atoms with Crippen LogP contribution in [-0.4, -0.2) is 53.3 Å². The van der Waals surface area contributed by atoms with E-state index in [-0.39, 0.29) is 0 Å². The maximum Gasteiger partial charge on any atom is 0.324 e. The molecule has 1 atom stereocenters. The summed E-state index contributed by atoms with van der Waals surface area (Å²) in [5.74, 6) is -0.514. The molecule has 0 bridgehead atoms. The Kier molecular flexibility index (Phi) is 4.41. The normalized spacial score (nSPS) is 31.3. The van der Waals surface area contributed by atoms with Gasteiger partial charge in [-0.15, -0.1) is 0 Å². The number of hydrogen-bond donors (Lipinski definition) is 1. The first-order chi connectivity index (χ1) is 9.28. The second-order valence-electron chi connectivity index (χ2n) is 6.20. The Balaban J connectivity index is 2.25. The zero-order chi connectivity index (χ0) is 15.0. The maximum atomic E-state index is 12.8. The molecule has 0 radical (unpaired) electrons. The highest BCUT2D eigenvalue weighted by molar-refractivity contribution is 7.86. The lowest BCUT2D eigenvalue weighted by Gasteiger charge is -2.43. The summed E-state index contributed by atoms with van der Waals surface area (Å²) in [7, 11) is -3.68. The van der Waals surface area contributed by atoms with E-state index in [1.165, 1.54) is 15.5 Å². The molecule has 0 aromatic rings. The van der Waals surface area contributed by atoms with Crippen LogP contribution in [0.5, 0.6) is 0 Å². The summed E-state index contributed by atoms with van der Waals surface area (Å²) in [5.41, 5.74) is -1.31. The molecule has 0 amide bonds. The Morgan fingerprint density at radius 3 is 2.35 bits per heavy atom. The third-order valence-electron chi connectivity index (χ3n) is 4.63. The van der Waals surface area contributed by atoms with Gasteiger partial charge in [0.25, 0.3) is 10.2 Å². The molecule has 2 heterocycles. The minimum absolute atomic E-state index is 0.303. The summed E-state index contributed by atoms with van der Waals surface area (Å²) < 4.78 is 28.2. The molecule has 2 aliphatic rings. The van der Waals surface area contributed by atoms with Crippen molar-refractivity contribution < 1.29 is 18.3 Å². The fraction of sp³-hybridized carbons (Fsp3) is 0.923. The fourth-order valence-corrected chi connectivity index (χ4v) is 5.02. The first kappa shape index (κ1) is 15.7. The maximum absolute atomic E-state index is 12.8. The Bertz CT molecular complexity index is 471. The number of carboxylic acids is 1. The van der Waals surface area contributed by atoms with E-state index in [1.807, 2.05) is 0 Å². The van der Waals surface area contributed by atoms with E-state index in [9.17, 15) is 18.3 Å². The highest BCUT2D eigenvalue weighted by Crippen LogP contribution is 2.33. The molecule has 116 valence electrons. The molecule has 6 nitrogen and oxygen atoms in total.